The quantitative estimate of drug-likeness (QED) is 0.453. The Kier molecular flexibility index (Phi) is 7.69. The van der Waals surface area contributed by atoms with Crippen molar-refractivity contribution in [3.63, 3.8) is 0 Å². The van der Waals surface area contributed by atoms with Crippen molar-refractivity contribution in [1.82, 2.24) is 19.8 Å². The molecule has 2 saturated heterocycles. The van der Waals surface area contributed by atoms with Crippen LogP contribution in [-0.4, -0.2) is 65.9 Å². The minimum absolute atomic E-state index is 0.718. The van der Waals surface area contributed by atoms with Crippen LogP contribution >= 0.6 is 11.8 Å². The molecule has 1 aromatic carbocycles. The number of benzene rings is 1. The predicted octanol–water partition coefficient (Wildman–Crippen LogP) is 3.95. The predicted molar refractivity (Wildman–Crippen MR) is 125 cm³/mol. The van der Waals surface area contributed by atoms with Crippen LogP contribution in [0, 0.1) is 11.8 Å². The number of hydrogen-bond acceptors (Lipinski definition) is 7. The standard InChI is InChI=1S/C24H34N4O2S/c1-4-31-24-25-11-18(12-26-24)13-28-14-19-8-6-10-27(16-21(19)17-28)15-20-7-5-9-22(29-2)23(20)30-3/h5,7,9,11-12,19,21H,4,6,8,10,13-17H2,1-3H3/t19-,21?/m1/s1. The maximum atomic E-state index is 5.66. The van der Waals surface area contributed by atoms with E-state index in [1.54, 1.807) is 26.0 Å². The van der Waals surface area contributed by atoms with E-state index in [4.69, 9.17) is 9.47 Å². The molecule has 6 nitrogen and oxygen atoms in total. The zero-order valence-electron chi connectivity index (χ0n) is 18.9. The fourth-order valence-corrected chi connectivity index (χ4v) is 5.56. The maximum absolute atomic E-state index is 5.66. The third-order valence-electron chi connectivity index (χ3n) is 6.43. The Hall–Kier alpha value is -1.83. The third kappa shape index (κ3) is 5.51. The van der Waals surface area contributed by atoms with Gasteiger partial charge in [0.05, 0.1) is 14.2 Å². The lowest BCUT2D eigenvalue weighted by Crippen LogP contribution is -2.31. The van der Waals surface area contributed by atoms with Crippen molar-refractivity contribution in [2.24, 2.45) is 11.8 Å². The summed E-state index contributed by atoms with van der Waals surface area (Å²) in [4.78, 5) is 14.2. The van der Waals surface area contributed by atoms with Gasteiger partial charge in [0.25, 0.3) is 0 Å². The normalized spacial score (nSPS) is 22.2. The number of nitrogens with zero attached hydrogens (tertiary/aromatic N) is 4. The molecule has 3 heterocycles. The average molecular weight is 443 g/mol. The minimum atomic E-state index is 0.718. The third-order valence-corrected chi connectivity index (χ3v) is 7.19. The molecule has 0 saturated carbocycles. The first kappa shape index (κ1) is 22.4. The van der Waals surface area contributed by atoms with Gasteiger partial charge in [-0.15, -0.1) is 0 Å². The first-order chi connectivity index (χ1) is 15.2. The molecular formula is C24H34N4O2S. The van der Waals surface area contributed by atoms with Crippen LogP contribution in [0.4, 0.5) is 0 Å². The molecule has 31 heavy (non-hydrogen) atoms. The molecule has 1 unspecified atom stereocenters. The smallest absolute Gasteiger partial charge is 0.187 e. The van der Waals surface area contributed by atoms with Gasteiger partial charge in [0.15, 0.2) is 16.7 Å². The van der Waals surface area contributed by atoms with Gasteiger partial charge in [-0.3, -0.25) is 9.80 Å². The molecule has 2 aromatic rings. The Labute approximate surface area is 190 Å². The number of ether oxygens (including phenoxy) is 2. The van der Waals surface area contributed by atoms with Gasteiger partial charge in [0.2, 0.25) is 0 Å². The Morgan fingerprint density at radius 3 is 2.52 bits per heavy atom. The van der Waals surface area contributed by atoms with Crippen molar-refractivity contribution in [2.45, 2.75) is 38.0 Å². The van der Waals surface area contributed by atoms with E-state index >= 15 is 0 Å². The number of hydrogen-bond donors (Lipinski definition) is 0. The molecule has 2 aliphatic rings. The average Bonchev–Trinajstić information content (AvgIpc) is 3.05. The maximum Gasteiger partial charge on any atom is 0.187 e. The fraction of sp³-hybridized carbons (Fsp3) is 0.583. The van der Waals surface area contributed by atoms with Crippen LogP contribution in [0.25, 0.3) is 0 Å². The second-order valence-corrected chi connectivity index (χ2v) is 9.78. The Balaban J connectivity index is 1.37. The summed E-state index contributed by atoms with van der Waals surface area (Å²) in [6, 6.07) is 6.18. The van der Waals surface area contributed by atoms with Gasteiger partial charge in [-0.05, 0) is 43.0 Å². The first-order valence-electron chi connectivity index (χ1n) is 11.3. The summed E-state index contributed by atoms with van der Waals surface area (Å²) < 4.78 is 11.2. The van der Waals surface area contributed by atoms with Gasteiger partial charge in [0.1, 0.15) is 0 Å². The summed E-state index contributed by atoms with van der Waals surface area (Å²) in [5.74, 6) is 4.18. The van der Waals surface area contributed by atoms with Crippen LogP contribution in [-0.2, 0) is 13.1 Å². The van der Waals surface area contributed by atoms with Crippen molar-refractivity contribution in [3.05, 3.63) is 41.7 Å². The Morgan fingerprint density at radius 1 is 1.00 bits per heavy atom. The zero-order valence-corrected chi connectivity index (χ0v) is 19.7. The van der Waals surface area contributed by atoms with Gasteiger partial charge in [-0.2, -0.15) is 0 Å². The van der Waals surface area contributed by atoms with Gasteiger partial charge in [-0.1, -0.05) is 30.8 Å². The number of likely N-dealkylation sites (tertiary alicyclic amines) is 2. The van der Waals surface area contributed by atoms with E-state index in [9.17, 15) is 0 Å². The van der Waals surface area contributed by atoms with Gasteiger partial charge in [0, 0.05) is 56.2 Å². The van der Waals surface area contributed by atoms with E-state index in [1.807, 2.05) is 18.5 Å². The number of fused-ring (bicyclic) bond motifs is 1. The largest absolute Gasteiger partial charge is 0.493 e. The topological polar surface area (TPSA) is 50.7 Å². The van der Waals surface area contributed by atoms with Crippen LogP contribution in [0.2, 0.25) is 0 Å². The summed E-state index contributed by atoms with van der Waals surface area (Å²) in [5, 5.41) is 0.876. The summed E-state index contributed by atoms with van der Waals surface area (Å²) in [7, 11) is 3.43. The van der Waals surface area contributed by atoms with E-state index in [0.717, 1.165) is 67.0 Å². The molecule has 0 spiro atoms. The van der Waals surface area contributed by atoms with Crippen molar-refractivity contribution in [2.75, 3.05) is 46.2 Å². The second-order valence-electron chi connectivity index (χ2n) is 8.55. The van der Waals surface area contributed by atoms with Crippen LogP contribution in [0.15, 0.2) is 35.7 Å². The lowest BCUT2D eigenvalue weighted by Gasteiger charge is -2.25. The van der Waals surface area contributed by atoms with Crippen LogP contribution in [0.5, 0.6) is 11.5 Å². The Bertz CT molecular complexity index is 848. The first-order valence-corrected chi connectivity index (χ1v) is 12.3. The van der Waals surface area contributed by atoms with Crippen molar-refractivity contribution in [3.8, 4) is 11.5 Å². The molecule has 168 valence electrons. The minimum Gasteiger partial charge on any atom is -0.493 e. The van der Waals surface area contributed by atoms with Crippen molar-refractivity contribution >= 4 is 11.8 Å². The number of para-hydroxylation sites is 1. The molecule has 0 bridgehead atoms. The highest BCUT2D eigenvalue weighted by Gasteiger charge is 2.35. The highest BCUT2D eigenvalue weighted by Crippen LogP contribution is 2.35. The number of aromatic nitrogens is 2. The van der Waals surface area contributed by atoms with Gasteiger partial charge in [-0.25, -0.2) is 9.97 Å². The molecule has 2 atom stereocenters. The molecule has 0 aliphatic carbocycles. The molecule has 1 aromatic heterocycles. The SMILES string of the molecule is CCSc1ncc(CN2CC3CN(Cc4cccc(OC)c4OC)CCC[C@@H]3C2)cn1. The summed E-state index contributed by atoms with van der Waals surface area (Å²) in [6.07, 6.45) is 6.57. The van der Waals surface area contributed by atoms with Crippen LogP contribution < -0.4 is 9.47 Å². The monoisotopic (exact) mass is 442 g/mol. The molecule has 4 rings (SSSR count). The molecule has 2 aliphatic heterocycles. The summed E-state index contributed by atoms with van der Waals surface area (Å²) in [5.41, 5.74) is 2.42. The van der Waals surface area contributed by atoms with E-state index in [2.05, 4.69) is 38.8 Å². The molecular weight excluding hydrogens is 408 g/mol. The molecule has 7 heteroatoms. The van der Waals surface area contributed by atoms with Crippen LogP contribution in [0.3, 0.4) is 0 Å². The molecule has 2 fully saturated rings. The second kappa shape index (κ2) is 10.7. The fourth-order valence-electron chi connectivity index (χ4n) is 5.05. The lowest BCUT2D eigenvalue weighted by molar-refractivity contribution is 0.222. The molecule has 0 radical (unpaired) electrons. The van der Waals surface area contributed by atoms with E-state index in [0.29, 0.717) is 0 Å². The summed E-state index contributed by atoms with van der Waals surface area (Å²) in [6.45, 7) is 8.63. The molecule has 0 N–H and O–H groups in total. The number of rotatable bonds is 8. The highest BCUT2D eigenvalue weighted by molar-refractivity contribution is 7.99. The van der Waals surface area contributed by atoms with Crippen molar-refractivity contribution in [1.29, 1.82) is 0 Å². The number of methoxy groups -OCH3 is 2. The van der Waals surface area contributed by atoms with E-state index in [1.165, 1.54) is 30.5 Å². The van der Waals surface area contributed by atoms with Crippen LogP contribution in [0.1, 0.15) is 30.9 Å². The lowest BCUT2D eigenvalue weighted by atomic mass is 9.93. The zero-order chi connectivity index (χ0) is 21.6. The van der Waals surface area contributed by atoms with Gasteiger partial charge >= 0.3 is 0 Å². The summed E-state index contributed by atoms with van der Waals surface area (Å²) >= 11 is 1.69. The Morgan fingerprint density at radius 2 is 1.77 bits per heavy atom. The van der Waals surface area contributed by atoms with Crippen molar-refractivity contribution < 1.29 is 9.47 Å². The number of thioether (sulfide) groups is 1. The highest BCUT2D eigenvalue weighted by atomic mass is 32.2. The van der Waals surface area contributed by atoms with Gasteiger partial charge < -0.3 is 9.47 Å². The van der Waals surface area contributed by atoms with E-state index in [-0.39, 0.29) is 0 Å². The van der Waals surface area contributed by atoms with E-state index < -0.39 is 0 Å². The molecule has 0 amide bonds.